The van der Waals surface area contributed by atoms with E-state index < -0.39 is 0 Å². The first-order valence-corrected chi connectivity index (χ1v) is 9.14. The molecule has 4 aromatic rings. The number of hydrogen-bond donors (Lipinski definition) is 0. The van der Waals surface area contributed by atoms with Gasteiger partial charge in [0.05, 0.1) is 28.8 Å². The molecule has 1 aliphatic rings. The molecule has 7 nitrogen and oxygen atoms in total. The van der Waals surface area contributed by atoms with Gasteiger partial charge in [0.15, 0.2) is 11.5 Å². The van der Waals surface area contributed by atoms with Gasteiger partial charge in [0, 0.05) is 17.3 Å². The molecule has 0 fully saturated rings. The van der Waals surface area contributed by atoms with E-state index in [0.717, 1.165) is 33.9 Å². The second kappa shape index (κ2) is 6.53. The van der Waals surface area contributed by atoms with Crippen molar-refractivity contribution in [1.82, 2.24) is 24.7 Å². The third-order valence-electron chi connectivity index (χ3n) is 4.84. The summed E-state index contributed by atoms with van der Waals surface area (Å²) in [5.41, 5.74) is 5.64. The van der Waals surface area contributed by atoms with Crippen LogP contribution < -0.4 is 0 Å². The number of fused-ring (bicyclic) bond motifs is 3. The molecule has 0 saturated heterocycles. The third kappa shape index (κ3) is 2.74. The summed E-state index contributed by atoms with van der Waals surface area (Å²) in [6.45, 7) is 3.79. The van der Waals surface area contributed by atoms with Crippen molar-refractivity contribution in [2.75, 3.05) is 0 Å². The molecule has 0 amide bonds. The van der Waals surface area contributed by atoms with E-state index in [2.05, 4.69) is 26.0 Å². The quantitative estimate of drug-likeness (QED) is 0.497. The normalized spacial score (nSPS) is 15.1. The molecule has 140 valence electrons. The molecule has 1 aromatic carbocycles. The molecule has 4 heterocycles. The van der Waals surface area contributed by atoms with Crippen LogP contribution in [0.15, 0.2) is 58.4 Å². The van der Waals surface area contributed by atoms with Crippen LogP contribution >= 0.6 is 0 Å². The second-order valence-electron chi connectivity index (χ2n) is 6.74. The molecule has 5 rings (SSSR count). The van der Waals surface area contributed by atoms with Crippen LogP contribution in [0.3, 0.4) is 0 Å². The number of imidazole rings is 1. The van der Waals surface area contributed by atoms with Crippen LogP contribution in [0.1, 0.15) is 41.3 Å². The lowest BCUT2D eigenvalue weighted by atomic mass is 10.0. The zero-order valence-corrected chi connectivity index (χ0v) is 15.9. The van der Waals surface area contributed by atoms with Crippen LogP contribution in [0.4, 0.5) is 0 Å². The highest BCUT2D eigenvalue weighted by atomic mass is 16.5. The fourth-order valence-corrected chi connectivity index (χ4v) is 3.56. The van der Waals surface area contributed by atoms with Crippen LogP contribution in [0.5, 0.6) is 0 Å². The number of nitrogens with zero attached hydrogens (tertiary/aromatic N) is 6. The topological polar surface area (TPSA) is 82.0 Å². The average Bonchev–Trinajstić information content (AvgIpc) is 3.35. The largest absolute Gasteiger partial charge is 0.332 e. The van der Waals surface area contributed by atoms with Gasteiger partial charge in [-0.3, -0.25) is 14.5 Å². The van der Waals surface area contributed by atoms with Crippen molar-refractivity contribution < 1.29 is 4.52 Å². The van der Waals surface area contributed by atoms with E-state index in [-0.39, 0.29) is 6.04 Å². The molecule has 0 bridgehead atoms. The summed E-state index contributed by atoms with van der Waals surface area (Å²) < 4.78 is 7.38. The monoisotopic (exact) mass is 380 g/mol. The minimum Gasteiger partial charge on any atom is -0.332 e. The average molecular weight is 380 g/mol. The number of aromatic nitrogens is 5. The maximum atomic E-state index is 5.66. The van der Waals surface area contributed by atoms with Crippen LogP contribution in [0, 0.1) is 19.3 Å². The van der Waals surface area contributed by atoms with Gasteiger partial charge in [0.2, 0.25) is 0 Å². The van der Waals surface area contributed by atoms with Crippen LogP contribution in [0.25, 0.3) is 17.3 Å². The summed E-state index contributed by atoms with van der Waals surface area (Å²) in [4.78, 5) is 18.4. The number of aliphatic imine (C=N–C) groups is 1. The van der Waals surface area contributed by atoms with Gasteiger partial charge in [-0.15, -0.1) is 6.42 Å². The molecular weight excluding hydrogens is 364 g/mol. The van der Waals surface area contributed by atoms with Gasteiger partial charge in [-0.05, 0) is 44.2 Å². The Labute approximate surface area is 167 Å². The van der Waals surface area contributed by atoms with Crippen LogP contribution in [-0.4, -0.2) is 30.4 Å². The Morgan fingerprint density at radius 3 is 2.79 bits per heavy atom. The Morgan fingerprint density at radius 2 is 2.07 bits per heavy atom. The number of rotatable bonds is 2. The lowest BCUT2D eigenvalue weighted by molar-refractivity contribution is 0.424. The molecule has 7 heteroatoms. The molecule has 0 unspecified atom stereocenters. The second-order valence-corrected chi connectivity index (χ2v) is 6.74. The predicted molar refractivity (Wildman–Crippen MR) is 108 cm³/mol. The van der Waals surface area contributed by atoms with Crippen molar-refractivity contribution in [3.8, 4) is 29.6 Å². The SMILES string of the molecule is C#Cc1ccc2c(c1)C(c1ccccn1)=N[C@H](C)c1c(-c3nc(C)no3)ncn1-2. The smallest absolute Gasteiger partial charge is 0.278 e. The summed E-state index contributed by atoms with van der Waals surface area (Å²) in [7, 11) is 0. The van der Waals surface area contributed by atoms with E-state index in [0.29, 0.717) is 17.4 Å². The molecule has 0 radical (unpaired) electrons. The van der Waals surface area contributed by atoms with Crippen LogP contribution in [0.2, 0.25) is 0 Å². The number of hydrogen-bond acceptors (Lipinski definition) is 6. The van der Waals surface area contributed by atoms with Gasteiger partial charge < -0.3 is 4.52 Å². The molecule has 0 aliphatic carbocycles. The molecule has 1 aliphatic heterocycles. The van der Waals surface area contributed by atoms with Crippen LogP contribution in [-0.2, 0) is 0 Å². The minimum absolute atomic E-state index is 0.224. The van der Waals surface area contributed by atoms with Crippen molar-refractivity contribution in [2.24, 2.45) is 4.99 Å². The molecule has 0 saturated carbocycles. The van der Waals surface area contributed by atoms with Gasteiger partial charge in [0.25, 0.3) is 5.89 Å². The molecular formula is C22H16N6O. The fourth-order valence-electron chi connectivity index (χ4n) is 3.56. The summed E-state index contributed by atoms with van der Waals surface area (Å²) in [6, 6.07) is 11.4. The number of benzene rings is 1. The molecule has 29 heavy (non-hydrogen) atoms. The van der Waals surface area contributed by atoms with E-state index in [1.54, 1.807) is 19.4 Å². The molecule has 1 atom stereocenters. The van der Waals surface area contributed by atoms with Gasteiger partial charge in [-0.1, -0.05) is 17.1 Å². The van der Waals surface area contributed by atoms with Gasteiger partial charge >= 0.3 is 0 Å². The first-order valence-electron chi connectivity index (χ1n) is 9.14. The Kier molecular flexibility index (Phi) is 3.85. The zero-order chi connectivity index (χ0) is 20.0. The Bertz CT molecular complexity index is 1290. The number of pyridine rings is 1. The maximum Gasteiger partial charge on any atom is 0.278 e. The van der Waals surface area contributed by atoms with Crippen molar-refractivity contribution >= 4 is 5.71 Å². The molecule has 0 spiro atoms. The number of terminal acetylenes is 1. The van der Waals surface area contributed by atoms with Crippen molar-refractivity contribution in [2.45, 2.75) is 19.9 Å². The Morgan fingerprint density at radius 1 is 1.17 bits per heavy atom. The lowest BCUT2D eigenvalue weighted by Gasteiger charge is -2.12. The summed E-state index contributed by atoms with van der Waals surface area (Å²) in [6.07, 6.45) is 9.17. The Balaban J connectivity index is 1.80. The summed E-state index contributed by atoms with van der Waals surface area (Å²) >= 11 is 0. The summed E-state index contributed by atoms with van der Waals surface area (Å²) in [5, 5.41) is 3.90. The molecule has 3 aromatic heterocycles. The molecule has 0 N–H and O–H groups in total. The number of aryl methyl sites for hydroxylation is 1. The van der Waals surface area contributed by atoms with Crippen molar-refractivity contribution in [3.05, 3.63) is 77.3 Å². The van der Waals surface area contributed by atoms with Gasteiger partial charge in [-0.25, -0.2) is 4.98 Å². The van der Waals surface area contributed by atoms with Gasteiger partial charge in [-0.2, -0.15) is 4.98 Å². The van der Waals surface area contributed by atoms with E-state index >= 15 is 0 Å². The van der Waals surface area contributed by atoms with E-state index in [9.17, 15) is 0 Å². The Hall–Kier alpha value is -4.05. The fraction of sp³-hybridized carbons (Fsp3) is 0.136. The minimum atomic E-state index is -0.224. The highest BCUT2D eigenvalue weighted by Crippen LogP contribution is 2.35. The zero-order valence-electron chi connectivity index (χ0n) is 15.9. The van der Waals surface area contributed by atoms with Gasteiger partial charge in [0.1, 0.15) is 6.33 Å². The van der Waals surface area contributed by atoms with Crippen molar-refractivity contribution in [1.29, 1.82) is 0 Å². The third-order valence-corrected chi connectivity index (χ3v) is 4.84. The standard InChI is InChI=1S/C22H16N6O/c1-4-15-8-9-18-16(11-15)19(17-7-5-6-10-23-17)25-13(2)21-20(24-12-28(18)21)22-26-14(3)27-29-22/h1,5-13H,2-3H3/t13-/m1/s1. The van der Waals surface area contributed by atoms with E-state index in [1.807, 2.05) is 47.9 Å². The first kappa shape index (κ1) is 17.1. The highest BCUT2D eigenvalue weighted by Gasteiger charge is 2.28. The lowest BCUT2D eigenvalue weighted by Crippen LogP contribution is -2.09. The predicted octanol–water partition coefficient (Wildman–Crippen LogP) is 3.52. The van der Waals surface area contributed by atoms with E-state index in [1.165, 1.54) is 0 Å². The first-order chi connectivity index (χ1) is 14.2. The summed E-state index contributed by atoms with van der Waals surface area (Å²) in [5.74, 6) is 3.64. The highest BCUT2D eigenvalue weighted by molar-refractivity contribution is 6.14. The van der Waals surface area contributed by atoms with Crippen molar-refractivity contribution in [3.63, 3.8) is 0 Å². The maximum absolute atomic E-state index is 5.66. The van der Waals surface area contributed by atoms with E-state index in [4.69, 9.17) is 15.9 Å².